The minimum Gasteiger partial charge on any atom is -0.495 e. The van der Waals surface area contributed by atoms with E-state index in [-0.39, 0.29) is 22.5 Å². The Hall–Kier alpha value is -1.19. The summed E-state index contributed by atoms with van der Waals surface area (Å²) in [5.74, 6) is 3.24. The number of sulfonamides is 1. The molecule has 0 spiro atoms. The zero-order valence-corrected chi connectivity index (χ0v) is 16.7. The van der Waals surface area contributed by atoms with E-state index in [1.54, 1.807) is 12.3 Å². The van der Waals surface area contributed by atoms with E-state index >= 15 is 0 Å². The lowest BCUT2D eigenvalue weighted by Gasteiger charge is -2.33. The predicted molar refractivity (Wildman–Crippen MR) is 104 cm³/mol. The molecule has 2 aromatic rings. The van der Waals surface area contributed by atoms with Gasteiger partial charge < -0.3 is 9.15 Å². The molecular formula is C17H21ClN2O4S2. The third-order valence-corrected chi connectivity index (χ3v) is 6.92. The largest absolute Gasteiger partial charge is 0.495 e. The number of benzene rings is 1. The molecule has 0 amide bonds. The molecule has 0 radical (unpaired) electrons. The number of methoxy groups -OCH3 is 1. The molecule has 1 aromatic heterocycles. The van der Waals surface area contributed by atoms with E-state index in [4.69, 9.17) is 20.8 Å². The molecule has 142 valence electrons. The van der Waals surface area contributed by atoms with Crippen molar-refractivity contribution in [2.45, 2.75) is 10.9 Å². The number of nitrogens with one attached hydrogen (secondary N) is 1. The molecule has 1 aromatic carbocycles. The maximum atomic E-state index is 12.7. The monoisotopic (exact) mass is 416 g/mol. The summed E-state index contributed by atoms with van der Waals surface area (Å²) in [6.45, 7) is 2.02. The van der Waals surface area contributed by atoms with Crippen molar-refractivity contribution in [3.8, 4) is 5.75 Å². The molecule has 1 aliphatic heterocycles. The second-order valence-electron chi connectivity index (χ2n) is 5.83. The number of nitrogens with zero attached hydrogens (tertiary/aromatic N) is 1. The lowest BCUT2D eigenvalue weighted by molar-refractivity contribution is 0.193. The molecule has 0 saturated carbocycles. The summed E-state index contributed by atoms with van der Waals surface area (Å²) >= 11 is 7.96. The molecule has 6 nitrogen and oxygen atoms in total. The van der Waals surface area contributed by atoms with Gasteiger partial charge in [0.2, 0.25) is 10.0 Å². The summed E-state index contributed by atoms with van der Waals surface area (Å²) in [5, 5.41) is 0.256. The Balaban J connectivity index is 1.76. The van der Waals surface area contributed by atoms with Gasteiger partial charge in [0.15, 0.2) is 0 Å². The van der Waals surface area contributed by atoms with Crippen molar-refractivity contribution in [1.82, 2.24) is 9.62 Å². The first kappa shape index (κ1) is 19.6. The lowest BCUT2D eigenvalue weighted by atomic mass is 10.2. The van der Waals surface area contributed by atoms with Crippen LogP contribution in [0.2, 0.25) is 5.02 Å². The van der Waals surface area contributed by atoms with Gasteiger partial charge in [-0.3, -0.25) is 4.90 Å². The van der Waals surface area contributed by atoms with Crippen LogP contribution < -0.4 is 9.46 Å². The van der Waals surface area contributed by atoms with E-state index in [1.807, 2.05) is 23.9 Å². The smallest absolute Gasteiger partial charge is 0.240 e. The summed E-state index contributed by atoms with van der Waals surface area (Å²) in [6, 6.07) is 7.97. The molecule has 9 heteroatoms. The number of thioether (sulfide) groups is 1. The number of furan rings is 1. The number of halogens is 1. The minimum atomic E-state index is -3.70. The first-order valence-corrected chi connectivity index (χ1v) is 11.2. The molecule has 0 bridgehead atoms. The van der Waals surface area contributed by atoms with Crippen LogP contribution in [-0.2, 0) is 10.0 Å². The fraction of sp³-hybridized carbons (Fsp3) is 0.412. The number of hydrogen-bond donors (Lipinski definition) is 1. The van der Waals surface area contributed by atoms with Crippen LogP contribution in [0.25, 0.3) is 0 Å². The highest BCUT2D eigenvalue weighted by atomic mass is 35.5. The van der Waals surface area contributed by atoms with E-state index in [0.717, 1.165) is 30.4 Å². The first-order valence-electron chi connectivity index (χ1n) is 8.19. The first-order chi connectivity index (χ1) is 12.5. The van der Waals surface area contributed by atoms with Crippen molar-refractivity contribution < 1.29 is 17.6 Å². The summed E-state index contributed by atoms with van der Waals surface area (Å²) in [4.78, 5) is 2.36. The van der Waals surface area contributed by atoms with E-state index in [9.17, 15) is 8.42 Å². The van der Waals surface area contributed by atoms with E-state index in [1.165, 1.54) is 19.2 Å². The van der Waals surface area contributed by atoms with Crippen LogP contribution in [0.3, 0.4) is 0 Å². The Labute approximate surface area is 162 Å². The normalized spacial score (nSPS) is 17.2. The Kier molecular flexibility index (Phi) is 6.52. The van der Waals surface area contributed by atoms with Gasteiger partial charge in [-0.15, -0.1) is 0 Å². The Bertz CT molecular complexity index is 821. The Morgan fingerprint density at radius 2 is 2.12 bits per heavy atom. The number of rotatable bonds is 7. The molecule has 1 N–H and O–H groups in total. The van der Waals surface area contributed by atoms with Crippen molar-refractivity contribution in [1.29, 1.82) is 0 Å². The molecule has 3 rings (SSSR count). The second kappa shape index (κ2) is 8.67. The highest BCUT2D eigenvalue weighted by Gasteiger charge is 2.27. The maximum Gasteiger partial charge on any atom is 0.240 e. The van der Waals surface area contributed by atoms with Gasteiger partial charge >= 0.3 is 0 Å². The van der Waals surface area contributed by atoms with E-state index in [0.29, 0.717) is 5.75 Å². The molecule has 1 aliphatic rings. The zero-order chi connectivity index (χ0) is 18.6. The van der Waals surface area contributed by atoms with Crippen molar-refractivity contribution in [3.63, 3.8) is 0 Å². The fourth-order valence-corrected chi connectivity index (χ4v) is 5.18. The molecule has 2 heterocycles. The molecular weight excluding hydrogens is 396 g/mol. The molecule has 1 unspecified atom stereocenters. The van der Waals surface area contributed by atoms with Crippen LogP contribution in [0, 0.1) is 0 Å². The van der Waals surface area contributed by atoms with Gasteiger partial charge in [-0.05, 0) is 30.3 Å². The van der Waals surface area contributed by atoms with Crippen molar-refractivity contribution in [2.75, 3.05) is 38.2 Å². The van der Waals surface area contributed by atoms with Crippen LogP contribution in [0.15, 0.2) is 45.9 Å². The highest BCUT2D eigenvalue weighted by molar-refractivity contribution is 7.99. The summed E-state index contributed by atoms with van der Waals surface area (Å²) in [6.07, 6.45) is 1.61. The second-order valence-corrected chi connectivity index (χ2v) is 9.23. The third kappa shape index (κ3) is 4.55. The molecule has 0 aliphatic carbocycles. The van der Waals surface area contributed by atoms with Gasteiger partial charge in [0.05, 0.1) is 29.3 Å². The van der Waals surface area contributed by atoms with Crippen LogP contribution in [0.1, 0.15) is 11.8 Å². The average molecular weight is 417 g/mol. The topological polar surface area (TPSA) is 71.8 Å². The summed E-state index contributed by atoms with van der Waals surface area (Å²) in [7, 11) is -2.21. The number of hydrogen-bond acceptors (Lipinski definition) is 6. The number of ether oxygens (including phenoxy) is 1. The standard InChI is InChI=1S/C17H21ClN2O4S2/c1-23-16-5-4-13(11-14(16)18)26(21,22)19-12-15(17-3-2-8-24-17)20-6-9-25-10-7-20/h2-5,8,11,15,19H,6-7,9-10,12H2,1H3. The van der Waals surface area contributed by atoms with Gasteiger partial charge in [-0.25, -0.2) is 13.1 Å². The molecule has 1 fully saturated rings. The van der Waals surface area contributed by atoms with Crippen LogP contribution >= 0.6 is 23.4 Å². The average Bonchev–Trinajstić information content (AvgIpc) is 3.17. The Morgan fingerprint density at radius 1 is 1.35 bits per heavy atom. The molecule has 1 atom stereocenters. The van der Waals surface area contributed by atoms with Crippen LogP contribution in [-0.4, -0.2) is 51.6 Å². The van der Waals surface area contributed by atoms with Gasteiger partial charge in [-0.2, -0.15) is 11.8 Å². The van der Waals surface area contributed by atoms with E-state index in [2.05, 4.69) is 9.62 Å². The third-order valence-electron chi connectivity index (χ3n) is 4.26. The van der Waals surface area contributed by atoms with Crippen LogP contribution in [0.5, 0.6) is 5.75 Å². The SMILES string of the molecule is COc1ccc(S(=O)(=O)NCC(c2ccco2)N2CCSCC2)cc1Cl. The Morgan fingerprint density at radius 3 is 2.73 bits per heavy atom. The maximum absolute atomic E-state index is 12.7. The molecule has 1 saturated heterocycles. The highest BCUT2D eigenvalue weighted by Crippen LogP contribution is 2.28. The van der Waals surface area contributed by atoms with Gasteiger partial charge in [-0.1, -0.05) is 11.6 Å². The van der Waals surface area contributed by atoms with Crippen molar-refractivity contribution in [2.24, 2.45) is 0 Å². The van der Waals surface area contributed by atoms with E-state index < -0.39 is 10.0 Å². The minimum absolute atomic E-state index is 0.107. The molecule has 26 heavy (non-hydrogen) atoms. The van der Waals surface area contributed by atoms with Gasteiger partial charge in [0.1, 0.15) is 11.5 Å². The lowest BCUT2D eigenvalue weighted by Crippen LogP contribution is -2.41. The summed E-state index contributed by atoms with van der Waals surface area (Å²) in [5.41, 5.74) is 0. The quantitative estimate of drug-likeness (QED) is 0.748. The zero-order valence-electron chi connectivity index (χ0n) is 14.4. The predicted octanol–water partition coefficient (Wildman–Crippen LogP) is 3.01. The van der Waals surface area contributed by atoms with Gasteiger partial charge in [0, 0.05) is 31.1 Å². The van der Waals surface area contributed by atoms with Crippen LogP contribution in [0.4, 0.5) is 0 Å². The van der Waals surface area contributed by atoms with Gasteiger partial charge in [0.25, 0.3) is 0 Å². The van der Waals surface area contributed by atoms with Crippen molar-refractivity contribution >= 4 is 33.4 Å². The fourth-order valence-electron chi connectivity index (χ4n) is 2.87. The van der Waals surface area contributed by atoms with Crippen molar-refractivity contribution in [3.05, 3.63) is 47.4 Å². The summed E-state index contributed by atoms with van der Waals surface area (Å²) < 4.78 is 38.7.